The number of hydrogen-bond donors (Lipinski definition) is 1. The largest absolute Gasteiger partial charge is 0.573 e. The summed E-state index contributed by atoms with van der Waals surface area (Å²) in [6.07, 6.45) is -1.84. The first kappa shape index (κ1) is 12.6. The standard InChI is InChI=1S/C11H7F3N2OS/c12-11(13,14)17-8-4-2-1-3-7(8)9-10(18)16-6-5-15-9/h1-6H,(H,16,18). The van der Waals surface area contributed by atoms with Crippen molar-refractivity contribution in [2.75, 3.05) is 0 Å². The van der Waals surface area contributed by atoms with Crippen molar-refractivity contribution in [3.05, 3.63) is 41.3 Å². The van der Waals surface area contributed by atoms with Gasteiger partial charge in [-0.1, -0.05) is 24.4 Å². The number of alkyl halides is 3. The molecule has 0 amide bonds. The van der Waals surface area contributed by atoms with Gasteiger partial charge in [0, 0.05) is 18.0 Å². The lowest BCUT2D eigenvalue weighted by Crippen LogP contribution is -2.17. The fraction of sp³-hybridized carbons (Fsp3) is 0.0909. The van der Waals surface area contributed by atoms with E-state index < -0.39 is 6.36 Å². The van der Waals surface area contributed by atoms with Gasteiger partial charge < -0.3 is 9.72 Å². The van der Waals surface area contributed by atoms with Gasteiger partial charge in [0.15, 0.2) is 0 Å². The van der Waals surface area contributed by atoms with E-state index in [-0.39, 0.29) is 21.6 Å². The molecular formula is C11H7F3N2OS. The molecule has 7 heteroatoms. The quantitative estimate of drug-likeness (QED) is 0.847. The van der Waals surface area contributed by atoms with Crippen molar-refractivity contribution in [3.8, 4) is 17.0 Å². The number of rotatable bonds is 2. The Morgan fingerprint density at radius 3 is 2.61 bits per heavy atom. The first-order valence-corrected chi connectivity index (χ1v) is 5.27. The van der Waals surface area contributed by atoms with Gasteiger partial charge in [0.25, 0.3) is 0 Å². The molecule has 0 fully saturated rings. The van der Waals surface area contributed by atoms with Crippen LogP contribution in [0.1, 0.15) is 0 Å². The Balaban J connectivity index is 2.52. The van der Waals surface area contributed by atoms with Crippen LogP contribution in [0.25, 0.3) is 11.3 Å². The molecule has 2 rings (SSSR count). The fourth-order valence-corrected chi connectivity index (χ4v) is 1.65. The van der Waals surface area contributed by atoms with Crippen LogP contribution >= 0.6 is 12.2 Å². The number of benzene rings is 1. The number of halogens is 3. The molecule has 1 aromatic heterocycles. The highest BCUT2D eigenvalue weighted by molar-refractivity contribution is 7.71. The van der Waals surface area contributed by atoms with Gasteiger partial charge in [0.05, 0.1) is 0 Å². The molecule has 0 radical (unpaired) electrons. The average Bonchev–Trinajstić information content (AvgIpc) is 2.29. The van der Waals surface area contributed by atoms with Crippen LogP contribution in [0.5, 0.6) is 5.75 Å². The van der Waals surface area contributed by atoms with E-state index in [2.05, 4.69) is 14.7 Å². The third-order valence-corrected chi connectivity index (χ3v) is 2.39. The van der Waals surface area contributed by atoms with Gasteiger partial charge in [0.1, 0.15) is 16.1 Å². The summed E-state index contributed by atoms with van der Waals surface area (Å²) in [6, 6.07) is 5.71. The summed E-state index contributed by atoms with van der Waals surface area (Å²) in [7, 11) is 0. The van der Waals surface area contributed by atoms with E-state index in [1.165, 1.54) is 30.6 Å². The van der Waals surface area contributed by atoms with Crippen LogP contribution in [0.4, 0.5) is 13.2 Å². The number of nitrogens with zero attached hydrogens (tertiary/aromatic N) is 1. The minimum atomic E-state index is -4.75. The minimum Gasteiger partial charge on any atom is -0.405 e. The highest BCUT2D eigenvalue weighted by atomic mass is 32.1. The number of hydrogen-bond acceptors (Lipinski definition) is 3. The zero-order valence-corrected chi connectivity index (χ0v) is 9.68. The second-order valence-electron chi connectivity index (χ2n) is 3.31. The molecule has 1 N–H and O–H groups in total. The molecule has 0 aliphatic heterocycles. The molecule has 2 aromatic rings. The SMILES string of the molecule is FC(F)(F)Oc1ccccc1-c1ncc[nH]c1=S. The molecule has 0 saturated heterocycles. The van der Waals surface area contributed by atoms with Gasteiger partial charge in [-0.2, -0.15) is 0 Å². The Morgan fingerprint density at radius 1 is 1.22 bits per heavy atom. The summed E-state index contributed by atoms with van der Waals surface area (Å²) >= 11 is 4.98. The van der Waals surface area contributed by atoms with E-state index in [1.54, 1.807) is 6.07 Å². The van der Waals surface area contributed by atoms with E-state index in [4.69, 9.17) is 12.2 Å². The summed E-state index contributed by atoms with van der Waals surface area (Å²) < 4.78 is 41.0. The number of ether oxygens (including phenoxy) is 1. The molecule has 0 saturated carbocycles. The van der Waals surface area contributed by atoms with Crippen LogP contribution in [-0.2, 0) is 0 Å². The van der Waals surface area contributed by atoms with Crippen molar-refractivity contribution in [1.29, 1.82) is 0 Å². The topological polar surface area (TPSA) is 37.9 Å². The van der Waals surface area contributed by atoms with Crippen LogP contribution in [0, 0.1) is 4.64 Å². The van der Waals surface area contributed by atoms with Gasteiger partial charge in [-0.25, -0.2) is 0 Å². The van der Waals surface area contributed by atoms with Crippen LogP contribution in [0.3, 0.4) is 0 Å². The number of H-pyrrole nitrogens is 1. The predicted molar refractivity (Wildman–Crippen MR) is 61.5 cm³/mol. The molecule has 3 nitrogen and oxygen atoms in total. The molecule has 0 bridgehead atoms. The maximum Gasteiger partial charge on any atom is 0.573 e. The number of aromatic amines is 1. The van der Waals surface area contributed by atoms with E-state index in [9.17, 15) is 13.2 Å². The number of nitrogens with one attached hydrogen (secondary N) is 1. The van der Waals surface area contributed by atoms with Gasteiger partial charge in [-0.15, -0.1) is 13.2 Å². The zero-order chi connectivity index (χ0) is 13.2. The van der Waals surface area contributed by atoms with Gasteiger partial charge in [-0.05, 0) is 12.1 Å². The van der Waals surface area contributed by atoms with E-state index in [1.807, 2.05) is 0 Å². The Bertz CT molecular complexity index is 609. The molecule has 0 spiro atoms. The monoisotopic (exact) mass is 272 g/mol. The third kappa shape index (κ3) is 2.86. The van der Waals surface area contributed by atoms with Crippen LogP contribution < -0.4 is 4.74 Å². The van der Waals surface area contributed by atoms with Gasteiger partial charge in [0.2, 0.25) is 0 Å². The zero-order valence-electron chi connectivity index (χ0n) is 8.86. The van der Waals surface area contributed by atoms with Gasteiger partial charge >= 0.3 is 6.36 Å². The summed E-state index contributed by atoms with van der Waals surface area (Å²) in [6.45, 7) is 0. The maximum absolute atomic E-state index is 12.3. The predicted octanol–water partition coefficient (Wildman–Crippen LogP) is 3.70. The van der Waals surface area contributed by atoms with Crippen molar-refractivity contribution >= 4 is 12.2 Å². The molecule has 94 valence electrons. The summed E-state index contributed by atoms with van der Waals surface area (Å²) in [5.74, 6) is -0.330. The normalized spacial score (nSPS) is 11.3. The Morgan fingerprint density at radius 2 is 1.94 bits per heavy atom. The van der Waals surface area contributed by atoms with Crippen LogP contribution in [0.15, 0.2) is 36.7 Å². The summed E-state index contributed by atoms with van der Waals surface area (Å²) in [5, 5.41) is 0. The highest BCUT2D eigenvalue weighted by Crippen LogP contribution is 2.32. The molecule has 1 aromatic carbocycles. The second kappa shape index (κ2) is 4.77. The van der Waals surface area contributed by atoms with Crippen molar-refractivity contribution in [2.45, 2.75) is 6.36 Å². The lowest BCUT2D eigenvalue weighted by Gasteiger charge is -2.12. The van der Waals surface area contributed by atoms with E-state index in [0.717, 1.165) is 0 Å². The summed E-state index contributed by atoms with van der Waals surface area (Å²) in [5.41, 5.74) is 0.434. The van der Waals surface area contributed by atoms with Gasteiger partial charge in [-0.3, -0.25) is 4.98 Å². The van der Waals surface area contributed by atoms with E-state index >= 15 is 0 Å². The Hall–Kier alpha value is -1.89. The van der Waals surface area contributed by atoms with Crippen molar-refractivity contribution in [1.82, 2.24) is 9.97 Å². The molecule has 0 aliphatic rings. The Kier molecular flexibility index (Phi) is 3.33. The molecular weight excluding hydrogens is 265 g/mol. The molecule has 0 atom stereocenters. The molecule has 0 unspecified atom stereocenters. The number of aromatic nitrogens is 2. The highest BCUT2D eigenvalue weighted by Gasteiger charge is 2.32. The molecule has 0 aliphatic carbocycles. The number of para-hydroxylation sites is 1. The summed E-state index contributed by atoms with van der Waals surface area (Å²) in [4.78, 5) is 6.66. The first-order chi connectivity index (χ1) is 8.47. The fourth-order valence-electron chi connectivity index (χ4n) is 1.42. The van der Waals surface area contributed by atoms with Crippen molar-refractivity contribution in [2.24, 2.45) is 0 Å². The van der Waals surface area contributed by atoms with E-state index in [0.29, 0.717) is 0 Å². The minimum absolute atomic E-state index is 0.191. The maximum atomic E-state index is 12.3. The Labute approximate surface area is 105 Å². The lowest BCUT2D eigenvalue weighted by molar-refractivity contribution is -0.274. The van der Waals surface area contributed by atoms with Crippen molar-refractivity contribution < 1.29 is 17.9 Å². The smallest absolute Gasteiger partial charge is 0.405 e. The second-order valence-corrected chi connectivity index (χ2v) is 3.72. The molecule has 1 heterocycles. The molecule has 18 heavy (non-hydrogen) atoms. The third-order valence-electron chi connectivity index (χ3n) is 2.08. The van der Waals surface area contributed by atoms with Crippen LogP contribution in [-0.4, -0.2) is 16.3 Å². The lowest BCUT2D eigenvalue weighted by atomic mass is 10.1. The first-order valence-electron chi connectivity index (χ1n) is 4.86. The average molecular weight is 272 g/mol. The van der Waals surface area contributed by atoms with Crippen LogP contribution in [0.2, 0.25) is 0 Å². The van der Waals surface area contributed by atoms with Crippen molar-refractivity contribution in [3.63, 3.8) is 0 Å².